The van der Waals surface area contributed by atoms with Crippen LogP contribution in [-0.2, 0) is 13.0 Å². The van der Waals surface area contributed by atoms with E-state index >= 15 is 0 Å². The molecule has 1 heterocycles. The molecule has 0 fully saturated rings. The van der Waals surface area contributed by atoms with Gasteiger partial charge in [0.1, 0.15) is 0 Å². The largest absolute Gasteiger partial charge is 0.478 e. The van der Waals surface area contributed by atoms with Crippen molar-refractivity contribution in [3.8, 4) is 0 Å². The van der Waals surface area contributed by atoms with Crippen molar-refractivity contribution in [2.75, 3.05) is 6.54 Å². The zero-order valence-corrected chi connectivity index (χ0v) is 8.43. The lowest BCUT2D eigenvalue weighted by molar-refractivity contribution is 0.0695. The molecule has 1 aromatic carbocycles. The Balaban J connectivity index is 0.000000980. The Bertz CT molecular complexity index is 352. The van der Waals surface area contributed by atoms with E-state index in [2.05, 4.69) is 5.32 Å². The number of carboxylic acid groups (broad SMARTS) is 1. The van der Waals surface area contributed by atoms with Crippen LogP contribution < -0.4 is 5.32 Å². The Morgan fingerprint density at radius 2 is 2.21 bits per heavy atom. The van der Waals surface area contributed by atoms with E-state index in [0.29, 0.717) is 12.1 Å². The highest BCUT2D eigenvalue weighted by atomic mass is 35.5. The summed E-state index contributed by atoms with van der Waals surface area (Å²) in [6.45, 7) is 1.62. The van der Waals surface area contributed by atoms with E-state index in [4.69, 9.17) is 5.11 Å². The van der Waals surface area contributed by atoms with Crippen LogP contribution in [0.2, 0.25) is 0 Å². The molecule has 2 N–H and O–H groups in total. The standard InChI is InChI=1S/C10H11NO2.ClH/c12-10(13)8-3-1-2-7-4-5-11-6-9(7)8;/h1-3,11H,4-6H2,(H,12,13);1H. The Labute approximate surface area is 88.5 Å². The summed E-state index contributed by atoms with van der Waals surface area (Å²) in [6, 6.07) is 5.48. The predicted octanol–water partition coefficient (Wildman–Crippen LogP) is 1.45. The molecule has 0 radical (unpaired) electrons. The molecule has 1 aliphatic rings. The molecule has 14 heavy (non-hydrogen) atoms. The molecule has 0 saturated heterocycles. The number of carbonyl (C=O) groups is 1. The van der Waals surface area contributed by atoms with Gasteiger partial charge in [-0.2, -0.15) is 0 Å². The van der Waals surface area contributed by atoms with Crippen molar-refractivity contribution in [1.29, 1.82) is 0 Å². The first-order valence-corrected chi connectivity index (χ1v) is 4.34. The molecular formula is C10H12ClNO2. The lowest BCUT2D eigenvalue weighted by atomic mass is 9.96. The minimum absolute atomic E-state index is 0. The van der Waals surface area contributed by atoms with Gasteiger partial charge in [-0.3, -0.25) is 0 Å². The maximum Gasteiger partial charge on any atom is 0.336 e. The summed E-state index contributed by atoms with van der Waals surface area (Å²) in [5.74, 6) is -0.833. The predicted molar refractivity (Wildman–Crippen MR) is 56.1 cm³/mol. The summed E-state index contributed by atoms with van der Waals surface area (Å²) in [6.07, 6.45) is 0.927. The second kappa shape index (κ2) is 4.44. The number of hydrogen-bond acceptors (Lipinski definition) is 2. The fourth-order valence-electron chi connectivity index (χ4n) is 1.71. The monoisotopic (exact) mass is 213 g/mol. The molecule has 0 atom stereocenters. The number of halogens is 1. The zero-order valence-electron chi connectivity index (χ0n) is 7.62. The molecule has 1 aromatic rings. The van der Waals surface area contributed by atoms with E-state index in [9.17, 15) is 4.79 Å². The van der Waals surface area contributed by atoms with Crippen LogP contribution in [0.4, 0.5) is 0 Å². The lowest BCUT2D eigenvalue weighted by Gasteiger charge is -2.18. The highest BCUT2D eigenvalue weighted by molar-refractivity contribution is 5.89. The summed E-state index contributed by atoms with van der Waals surface area (Å²) >= 11 is 0. The highest BCUT2D eigenvalue weighted by Gasteiger charge is 2.15. The number of aromatic carboxylic acids is 1. The van der Waals surface area contributed by atoms with Gasteiger partial charge in [0.2, 0.25) is 0 Å². The highest BCUT2D eigenvalue weighted by Crippen LogP contribution is 2.18. The minimum atomic E-state index is -0.833. The molecule has 0 aromatic heterocycles. The van der Waals surface area contributed by atoms with E-state index in [-0.39, 0.29) is 12.4 Å². The van der Waals surface area contributed by atoms with Gasteiger partial charge in [0.25, 0.3) is 0 Å². The van der Waals surface area contributed by atoms with Crippen molar-refractivity contribution in [2.24, 2.45) is 0 Å². The van der Waals surface area contributed by atoms with Gasteiger partial charge in [-0.25, -0.2) is 4.79 Å². The van der Waals surface area contributed by atoms with Crippen LogP contribution in [0.3, 0.4) is 0 Å². The normalized spacial score (nSPS) is 14.0. The molecule has 0 bridgehead atoms. The van der Waals surface area contributed by atoms with Crippen molar-refractivity contribution in [1.82, 2.24) is 5.32 Å². The maximum atomic E-state index is 10.8. The summed E-state index contributed by atoms with van der Waals surface area (Å²) in [5.41, 5.74) is 2.55. The van der Waals surface area contributed by atoms with Gasteiger partial charge >= 0.3 is 5.97 Å². The Morgan fingerprint density at radius 1 is 1.43 bits per heavy atom. The van der Waals surface area contributed by atoms with Gasteiger partial charge in [-0.05, 0) is 30.2 Å². The molecule has 76 valence electrons. The molecule has 2 rings (SSSR count). The second-order valence-corrected chi connectivity index (χ2v) is 3.18. The van der Waals surface area contributed by atoms with Gasteiger partial charge in [0, 0.05) is 6.54 Å². The van der Waals surface area contributed by atoms with Crippen LogP contribution in [0.5, 0.6) is 0 Å². The quantitative estimate of drug-likeness (QED) is 0.743. The van der Waals surface area contributed by atoms with Crippen molar-refractivity contribution in [3.63, 3.8) is 0 Å². The van der Waals surface area contributed by atoms with Gasteiger partial charge in [-0.15, -0.1) is 12.4 Å². The van der Waals surface area contributed by atoms with Crippen molar-refractivity contribution in [2.45, 2.75) is 13.0 Å². The van der Waals surface area contributed by atoms with Gasteiger partial charge in [0.15, 0.2) is 0 Å². The summed E-state index contributed by atoms with van der Waals surface area (Å²) in [5, 5.41) is 12.1. The summed E-state index contributed by atoms with van der Waals surface area (Å²) in [7, 11) is 0. The van der Waals surface area contributed by atoms with E-state index in [1.807, 2.05) is 12.1 Å². The van der Waals surface area contributed by atoms with Crippen LogP contribution in [0, 0.1) is 0 Å². The minimum Gasteiger partial charge on any atom is -0.478 e. The summed E-state index contributed by atoms with van der Waals surface area (Å²) < 4.78 is 0. The fourth-order valence-corrected chi connectivity index (χ4v) is 1.71. The molecular weight excluding hydrogens is 202 g/mol. The number of fused-ring (bicyclic) bond motifs is 1. The van der Waals surface area contributed by atoms with Crippen LogP contribution in [-0.4, -0.2) is 17.6 Å². The van der Waals surface area contributed by atoms with Crippen LogP contribution in [0.1, 0.15) is 21.5 Å². The van der Waals surface area contributed by atoms with Crippen LogP contribution in [0.15, 0.2) is 18.2 Å². The molecule has 0 saturated carbocycles. The molecule has 3 nitrogen and oxygen atoms in total. The smallest absolute Gasteiger partial charge is 0.336 e. The second-order valence-electron chi connectivity index (χ2n) is 3.18. The van der Waals surface area contributed by atoms with Crippen LogP contribution in [0.25, 0.3) is 0 Å². The average Bonchev–Trinajstić information content (AvgIpc) is 2.17. The first-order chi connectivity index (χ1) is 6.29. The third-order valence-electron chi connectivity index (χ3n) is 2.38. The molecule has 4 heteroatoms. The van der Waals surface area contributed by atoms with E-state index in [1.54, 1.807) is 6.07 Å². The molecule has 0 spiro atoms. The number of hydrogen-bond donors (Lipinski definition) is 2. The lowest BCUT2D eigenvalue weighted by Crippen LogP contribution is -2.25. The Hall–Kier alpha value is -1.06. The van der Waals surface area contributed by atoms with E-state index in [0.717, 1.165) is 18.5 Å². The Kier molecular flexibility index (Phi) is 3.49. The Morgan fingerprint density at radius 3 is 2.93 bits per heavy atom. The van der Waals surface area contributed by atoms with Crippen LogP contribution >= 0.6 is 12.4 Å². The van der Waals surface area contributed by atoms with Crippen molar-refractivity contribution in [3.05, 3.63) is 34.9 Å². The number of nitrogens with one attached hydrogen (secondary N) is 1. The van der Waals surface area contributed by atoms with Gasteiger partial charge in [-0.1, -0.05) is 12.1 Å². The fraction of sp³-hybridized carbons (Fsp3) is 0.300. The molecule has 0 aliphatic carbocycles. The molecule has 0 amide bonds. The van der Waals surface area contributed by atoms with E-state index in [1.165, 1.54) is 5.56 Å². The molecule has 0 unspecified atom stereocenters. The average molecular weight is 214 g/mol. The zero-order chi connectivity index (χ0) is 9.26. The van der Waals surface area contributed by atoms with Crippen molar-refractivity contribution >= 4 is 18.4 Å². The third-order valence-corrected chi connectivity index (χ3v) is 2.38. The number of rotatable bonds is 1. The topological polar surface area (TPSA) is 49.3 Å². The van der Waals surface area contributed by atoms with Crippen molar-refractivity contribution < 1.29 is 9.90 Å². The SMILES string of the molecule is Cl.O=C(O)c1cccc2c1CNCC2. The van der Waals surface area contributed by atoms with Gasteiger partial charge < -0.3 is 10.4 Å². The summed E-state index contributed by atoms with van der Waals surface area (Å²) in [4.78, 5) is 10.8. The van der Waals surface area contributed by atoms with Gasteiger partial charge in [0.05, 0.1) is 5.56 Å². The first-order valence-electron chi connectivity index (χ1n) is 4.34. The maximum absolute atomic E-state index is 10.8. The number of carboxylic acids is 1. The van der Waals surface area contributed by atoms with E-state index < -0.39 is 5.97 Å². The molecule has 1 aliphatic heterocycles. The third kappa shape index (κ3) is 1.89. The number of benzene rings is 1. The first kappa shape index (κ1) is 11.0.